The smallest absolute Gasteiger partial charge is 0.254 e. The average molecular weight is 255 g/mol. The summed E-state index contributed by atoms with van der Waals surface area (Å²) in [7, 11) is 0. The van der Waals surface area contributed by atoms with Crippen LogP contribution in [0.25, 0.3) is 0 Å². The number of nitrogens with one attached hydrogen (secondary N) is 1. The molecule has 2 fully saturated rings. The molecule has 0 aromatic heterocycles. The minimum absolute atomic E-state index is 0.0496. The Morgan fingerprint density at radius 3 is 2.39 bits per heavy atom. The fourth-order valence-electron chi connectivity index (χ4n) is 2.83. The summed E-state index contributed by atoms with van der Waals surface area (Å²) in [6.07, 6.45) is 4.71. The van der Waals surface area contributed by atoms with Gasteiger partial charge in [-0.1, -0.05) is 6.42 Å². The van der Waals surface area contributed by atoms with Gasteiger partial charge >= 0.3 is 0 Å². The lowest BCUT2D eigenvalue weighted by molar-refractivity contribution is -0.138. The lowest BCUT2D eigenvalue weighted by Gasteiger charge is -2.41. The predicted octanol–water partition coefficient (Wildman–Crippen LogP) is 0.788. The summed E-state index contributed by atoms with van der Waals surface area (Å²) in [5.41, 5.74) is 8.48. The van der Waals surface area contributed by atoms with E-state index in [2.05, 4.69) is 24.3 Å². The molecule has 0 aliphatic carbocycles. The third-order valence-corrected chi connectivity index (χ3v) is 4.26. The number of nitrogens with zero attached hydrogens (tertiary/aromatic N) is 1. The van der Waals surface area contributed by atoms with E-state index in [1.54, 1.807) is 0 Å². The maximum Gasteiger partial charge on any atom is 0.254 e. The monoisotopic (exact) mass is 255 g/mol. The molecule has 2 aliphatic rings. The first-order valence-electron chi connectivity index (χ1n) is 6.99. The number of ether oxygens (including phenoxy) is 1. The van der Waals surface area contributed by atoms with E-state index in [9.17, 15) is 4.79 Å². The Hall–Kier alpha value is -0.650. The number of amides is 1. The van der Waals surface area contributed by atoms with E-state index in [4.69, 9.17) is 10.5 Å². The number of hydrazine groups is 1. The van der Waals surface area contributed by atoms with Gasteiger partial charge in [-0.15, -0.1) is 0 Å². The van der Waals surface area contributed by atoms with Gasteiger partial charge in [0.25, 0.3) is 5.91 Å². The van der Waals surface area contributed by atoms with E-state index < -0.39 is 5.54 Å². The van der Waals surface area contributed by atoms with Crippen molar-refractivity contribution < 1.29 is 9.53 Å². The zero-order valence-corrected chi connectivity index (χ0v) is 11.4. The second-order valence-corrected chi connectivity index (χ2v) is 5.75. The van der Waals surface area contributed by atoms with Crippen molar-refractivity contribution >= 4 is 5.91 Å². The average Bonchev–Trinajstić information content (AvgIpc) is 2.34. The van der Waals surface area contributed by atoms with Gasteiger partial charge in [-0.25, -0.2) is 5.01 Å². The number of nitrogens with two attached hydrogens (primary N) is 1. The Kier molecular flexibility index (Phi) is 4.25. The van der Waals surface area contributed by atoms with Gasteiger partial charge < -0.3 is 10.5 Å². The number of rotatable bonds is 2. The second kappa shape index (κ2) is 5.55. The van der Waals surface area contributed by atoms with Crippen molar-refractivity contribution in [3.8, 4) is 0 Å². The summed E-state index contributed by atoms with van der Waals surface area (Å²) in [4.78, 5) is 12.3. The quantitative estimate of drug-likeness (QED) is 0.765. The Labute approximate surface area is 109 Å². The molecular weight excluding hydrogens is 230 g/mol. The Morgan fingerprint density at radius 1 is 1.28 bits per heavy atom. The number of carbonyl (C=O) groups excluding carboxylic acids is 1. The van der Waals surface area contributed by atoms with Crippen LogP contribution in [0.1, 0.15) is 46.0 Å². The lowest BCUT2D eigenvalue weighted by Crippen LogP contribution is -2.63. The first-order valence-corrected chi connectivity index (χ1v) is 6.99. The van der Waals surface area contributed by atoms with Crippen molar-refractivity contribution in [3.05, 3.63) is 0 Å². The van der Waals surface area contributed by atoms with Gasteiger partial charge in [-0.05, 0) is 39.5 Å². The van der Waals surface area contributed by atoms with Gasteiger partial charge in [-0.3, -0.25) is 10.2 Å². The van der Waals surface area contributed by atoms with Gasteiger partial charge in [0.05, 0.1) is 0 Å². The van der Waals surface area contributed by atoms with Crippen LogP contribution in [0.15, 0.2) is 0 Å². The number of piperidine rings is 1. The Morgan fingerprint density at radius 2 is 1.83 bits per heavy atom. The first-order chi connectivity index (χ1) is 8.53. The Balaban J connectivity index is 1.97. The normalized spacial score (nSPS) is 33.1. The SMILES string of the molecule is CC1CCCC(C)N1NC(=O)C1(N)CCOCC1. The molecule has 0 bridgehead atoms. The summed E-state index contributed by atoms with van der Waals surface area (Å²) in [6.45, 7) is 5.47. The summed E-state index contributed by atoms with van der Waals surface area (Å²) in [5.74, 6) is -0.0496. The van der Waals surface area contributed by atoms with Crippen LogP contribution in [0.4, 0.5) is 0 Å². The van der Waals surface area contributed by atoms with Crippen molar-refractivity contribution in [1.29, 1.82) is 0 Å². The molecule has 3 N–H and O–H groups in total. The largest absolute Gasteiger partial charge is 0.381 e. The predicted molar refractivity (Wildman–Crippen MR) is 69.7 cm³/mol. The van der Waals surface area contributed by atoms with Crippen LogP contribution >= 0.6 is 0 Å². The minimum Gasteiger partial charge on any atom is -0.381 e. The highest BCUT2D eigenvalue weighted by Crippen LogP contribution is 2.22. The fraction of sp³-hybridized carbons (Fsp3) is 0.923. The van der Waals surface area contributed by atoms with Crippen LogP contribution in [-0.2, 0) is 9.53 Å². The molecule has 2 rings (SSSR count). The van der Waals surface area contributed by atoms with E-state index >= 15 is 0 Å². The van der Waals surface area contributed by atoms with Gasteiger partial charge in [0, 0.05) is 25.3 Å². The van der Waals surface area contributed by atoms with Crippen LogP contribution in [0.3, 0.4) is 0 Å². The Bertz CT molecular complexity index is 293. The van der Waals surface area contributed by atoms with Crippen molar-refractivity contribution in [3.63, 3.8) is 0 Å². The molecule has 2 aliphatic heterocycles. The maximum absolute atomic E-state index is 12.3. The van der Waals surface area contributed by atoms with Crippen LogP contribution < -0.4 is 11.2 Å². The highest BCUT2D eigenvalue weighted by atomic mass is 16.5. The molecule has 5 nitrogen and oxygen atoms in total. The van der Waals surface area contributed by atoms with Gasteiger partial charge in [0.15, 0.2) is 0 Å². The summed E-state index contributed by atoms with van der Waals surface area (Å²) >= 11 is 0. The van der Waals surface area contributed by atoms with Crippen LogP contribution in [0.5, 0.6) is 0 Å². The number of carbonyl (C=O) groups is 1. The van der Waals surface area contributed by atoms with E-state index in [0.717, 1.165) is 12.8 Å². The van der Waals surface area contributed by atoms with E-state index in [0.29, 0.717) is 38.1 Å². The van der Waals surface area contributed by atoms with Crippen LogP contribution in [0.2, 0.25) is 0 Å². The molecule has 18 heavy (non-hydrogen) atoms. The van der Waals surface area contributed by atoms with Gasteiger partial charge in [0.1, 0.15) is 5.54 Å². The highest BCUT2D eigenvalue weighted by Gasteiger charge is 2.38. The molecule has 0 radical (unpaired) electrons. The molecule has 2 heterocycles. The lowest BCUT2D eigenvalue weighted by atomic mass is 9.90. The molecule has 2 atom stereocenters. The zero-order chi connectivity index (χ0) is 13.2. The standard InChI is InChI=1S/C13H25N3O2/c1-10-4-3-5-11(2)16(10)15-12(17)13(14)6-8-18-9-7-13/h10-11H,3-9,14H2,1-2H3,(H,15,17). The highest BCUT2D eigenvalue weighted by molar-refractivity contribution is 5.85. The summed E-state index contributed by atoms with van der Waals surface area (Å²) in [6, 6.07) is 0.780. The maximum atomic E-state index is 12.3. The van der Waals surface area contributed by atoms with E-state index in [-0.39, 0.29) is 5.91 Å². The third kappa shape index (κ3) is 2.84. The first kappa shape index (κ1) is 13.8. The van der Waals surface area contributed by atoms with Crippen molar-refractivity contribution in [2.45, 2.75) is 63.6 Å². The zero-order valence-electron chi connectivity index (χ0n) is 11.4. The molecule has 5 heteroatoms. The van der Waals surface area contributed by atoms with E-state index in [1.807, 2.05) is 0 Å². The number of hydrogen-bond donors (Lipinski definition) is 2. The van der Waals surface area contributed by atoms with Crippen LogP contribution in [0, 0.1) is 0 Å². The fourth-order valence-corrected chi connectivity index (χ4v) is 2.83. The second-order valence-electron chi connectivity index (χ2n) is 5.75. The number of hydrogen-bond acceptors (Lipinski definition) is 4. The van der Waals surface area contributed by atoms with Gasteiger partial charge in [0.2, 0.25) is 0 Å². The van der Waals surface area contributed by atoms with Crippen molar-refractivity contribution in [2.24, 2.45) is 5.73 Å². The summed E-state index contributed by atoms with van der Waals surface area (Å²) < 4.78 is 5.27. The molecular formula is C13H25N3O2. The molecule has 2 saturated heterocycles. The third-order valence-electron chi connectivity index (χ3n) is 4.26. The minimum atomic E-state index is -0.755. The van der Waals surface area contributed by atoms with Gasteiger partial charge in [-0.2, -0.15) is 0 Å². The topological polar surface area (TPSA) is 67.6 Å². The molecule has 2 unspecified atom stereocenters. The molecule has 0 saturated carbocycles. The molecule has 0 spiro atoms. The van der Waals surface area contributed by atoms with Crippen molar-refractivity contribution in [1.82, 2.24) is 10.4 Å². The van der Waals surface area contributed by atoms with Crippen LogP contribution in [-0.4, -0.2) is 41.8 Å². The molecule has 104 valence electrons. The molecule has 1 amide bonds. The van der Waals surface area contributed by atoms with E-state index in [1.165, 1.54) is 6.42 Å². The molecule has 0 aromatic rings. The molecule has 0 aromatic carbocycles. The summed E-state index contributed by atoms with van der Waals surface area (Å²) in [5, 5.41) is 2.08. The van der Waals surface area contributed by atoms with Crippen molar-refractivity contribution in [2.75, 3.05) is 13.2 Å².